The fourth-order valence-corrected chi connectivity index (χ4v) is 4.63. The summed E-state index contributed by atoms with van der Waals surface area (Å²) >= 11 is 0. The molecule has 0 spiro atoms. The predicted molar refractivity (Wildman–Crippen MR) is 114 cm³/mol. The molecule has 0 radical (unpaired) electrons. The summed E-state index contributed by atoms with van der Waals surface area (Å²) in [6.07, 6.45) is 7.26. The summed E-state index contributed by atoms with van der Waals surface area (Å²) in [5.41, 5.74) is 3.59. The van der Waals surface area contributed by atoms with Gasteiger partial charge >= 0.3 is 5.97 Å². The van der Waals surface area contributed by atoms with Crippen molar-refractivity contribution in [1.82, 2.24) is 19.6 Å². The van der Waals surface area contributed by atoms with Gasteiger partial charge in [0.15, 0.2) is 5.69 Å². The third kappa shape index (κ3) is 4.43. The molecule has 154 valence electrons. The fourth-order valence-electron chi connectivity index (χ4n) is 4.63. The number of aromatic nitrogens is 2. The Labute approximate surface area is 172 Å². The van der Waals surface area contributed by atoms with E-state index in [1.807, 2.05) is 17.7 Å². The molecule has 1 N–H and O–H groups in total. The monoisotopic (exact) mass is 394 g/mol. The van der Waals surface area contributed by atoms with Gasteiger partial charge in [0.1, 0.15) is 0 Å². The summed E-state index contributed by atoms with van der Waals surface area (Å²) in [5.74, 6) is -0.899. The normalized spacial score (nSPS) is 20.8. The number of aryl methyl sites for hydroxylation is 1. The number of carbonyl (C=O) groups is 1. The molecule has 0 saturated carbocycles. The molecule has 1 fully saturated rings. The van der Waals surface area contributed by atoms with Gasteiger partial charge in [-0.25, -0.2) is 4.79 Å². The summed E-state index contributed by atoms with van der Waals surface area (Å²) < 4.78 is 1.88. The van der Waals surface area contributed by atoms with Gasteiger partial charge in [-0.3, -0.25) is 14.5 Å². The smallest absolute Gasteiger partial charge is 0.356 e. The van der Waals surface area contributed by atoms with E-state index in [1.165, 1.54) is 5.56 Å². The van der Waals surface area contributed by atoms with Crippen LogP contribution >= 0.6 is 0 Å². The van der Waals surface area contributed by atoms with E-state index in [0.29, 0.717) is 6.04 Å². The molecule has 0 bridgehead atoms. The second-order valence-electron chi connectivity index (χ2n) is 7.94. The van der Waals surface area contributed by atoms with Crippen LogP contribution < -0.4 is 0 Å². The van der Waals surface area contributed by atoms with E-state index < -0.39 is 5.97 Å². The van der Waals surface area contributed by atoms with E-state index in [1.54, 1.807) is 0 Å². The molecule has 6 heteroatoms. The Kier molecular flexibility index (Phi) is 6.11. The minimum Gasteiger partial charge on any atom is -0.476 e. The summed E-state index contributed by atoms with van der Waals surface area (Å²) in [4.78, 5) is 16.7. The van der Waals surface area contributed by atoms with Gasteiger partial charge in [0.2, 0.25) is 0 Å². The summed E-state index contributed by atoms with van der Waals surface area (Å²) in [6, 6.07) is 10.8. The van der Waals surface area contributed by atoms with Crippen molar-refractivity contribution in [3.8, 4) is 0 Å². The average Bonchev–Trinajstić information content (AvgIpc) is 3.13. The first-order valence-electron chi connectivity index (χ1n) is 10.7. The number of aromatic carboxylic acids is 1. The molecule has 1 unspecified atom stereocenters. The Morgan fingerprint density at radius 1 is 1.21 bits per heavy atom. The molecule has 2 aromatic rings. The molecular weight excluding hydrogens is 364 g/mol. The number of carboxylic acids is 1. The molecule has 1 atom stereocenters. The van der Waals surface area contributed by atoms with Crippen LogP contribution in [0.2, 0.25) is 0 Å². The Morgan fingerprint density at radius 3 is 2.66 bits per heavy atom. The quantitative estimate of drug-likeness (QED) is 0.816. The lowest BCUT2D eigenvalue weighted by molar-refractivity contribution is 0.0685. The molecule has 1 aliphatic carbocycles. The highest BCUT2D eigenvalue weighted by atomic mass is 16.4. The number of piperazine rings is 1. The van der Waals surface area contributed by atoms with Gasteiger partial charge in [-0.05, 0) is 31.7 Å². The highest BCUT2D eigenvalue weighted by Crippen LogP contribution is 2.28. The first kappa shape index (κ1) is 19.9. The molecule has 1 aromatic carbocycles. The minimum absolute atomic E-state index is 0.260. The maximum Gasteiger partial charge on any atom is 0.356 e. The summed E-state index contributed by atoms with van der Waals surface area (Å²) in [7, 11) is 0. The first-order chi connectivity index (χ1) is 14.2. The SMILES string of the molecule is CCn1nc(C(=O)O)c2c1CCC(N1CCN(C/C=C/c3ccccc3)CC1)C2. The van der Waals surface area contributed by atoms with Crippen molar-refractivity contribution in [3.63, 3.8) is 0 Å². The van der Waals surface area contributed by atoms with Crippen LogP contribution in [0.4, 0.5) is 0 Å². The van der Waals surface area contributed by atoms with E-state index >= 15 is 0 Å². The second-order valence-corrected chi connectivity index (χ2v) is 7.94. The van der Waals surface area contributed by atoms with Crippen molar-refractivity contribution in [2.45, 2.75) is 38.8 Å². The average molecular weight is 395 g/mol. The topological polar surface area (TPSA) is 61.6 Å². The van der Waals surface area contributed by atoms with Gasteiger partial charge in [0.25, 0.3) is 0 Å². The van der Waals surface area contributed by atoms with Crippen LogP contribution in [0.5, 0.6) is 0 Å². The molecule has 2 heterocycles. The van der Waals surface area contributed by atoms with Crippen molar-refractivity contribution in [1.29, 1.82) is 0 Å². The van der Waals surface area contributed by atoms with E-state index in [-0.39, 0.29) is 5.69 Å². The number of carboxylic acid groups (broad SMARTS) is 1. The molecule has 1 saturated heterocycles. The summed E-state index contributed by atoms with van der Waals surface area (Å²) in [6.45, 7) is 7.94. The first-order valence-corrected chi connectivity index (χ1v) is 10.7. The molecular formula is C23H30N4O2. The van der Waals surface area contributed by atoms with Gasteiger partial charge in [0, 0.05) is 56.6 Å². The Morgan fingerprint density at radius 2 is 1.97 bits per heavy atom. The lowest BCUT2D eigenvalue weighted by Crippen LogP contribution is -2.51. The number of nitrogens with zero attached hydrogens (tertiary/aromatic N) is 4. The van der Waals surface area contributed by atoms with Crippen molar-refractivity contribution in [2.24, 2.45) is 0 Å². The fraction of sp³-hybridized carbons (Fsp3) is 0.478. The van der Waals surface area contributed by atoms with Crippen LogP contribution in [-0.4, -0.2) is 69.4 Å². The third-order valence-electron chi connectivity index (χ3n) is 6.22. The molecule has 1 aliphatic heterocycles. The minimum atomic E-state index is -0.899. The number of rotatable bonds is 6. The van der Waals surface area contributed by atoms with E-state index in [0.717, 1.165) is 69.8 Å². The zero-order chi connectivity index (χ0) is 20.2. The lowest BCUT2D eigenvalue weighted by Gasteiger charge is -2.40. The van der Waals surface area contributed by atoms with Crippen LogP contribution in [-0.2, 0) is 19.4 Å². The van der Waals surface area contributed by atoms with Crippen molar-refractivity contribution in [3.05, 3.63) is 58.9 Å². The summed E-state index contributed by atoms with van der Waals surface area (Å²) in [5, 5.41) is 13.9. The van der Waals surface area contributed by atoms with Gasteiger partial charge in [-0.15, -0.1) is 0 Å². The standard InChI is InChI=1S/C23H30N4O2/c1-2-27-21-11-10-19(17-20(21)22(24-27)23(28)29)26-15-13-25(14-16-26)12-6-9-18-7-4-3-5-8-18/h3-9,19H,2,10-17H2,1H3,(H,28,29)/b9-6+. The number of fused-ring (bicyclic) bond motifs is 1. The number of hydrogen-bond donors (Lipinski definition) is 1. The molecule has 4 rings (SSSR count). The van der Waals surface area contributed by atoms with Gasteiger partial charge < -0.3 is 5.11 Å². The Hall–Kier alpha value is -2.44. The van der Waals surface area contributed by atoms with Crippen LogP contribution in [0.25, 0.3) is 6.08 Å². The van der Waals surface area contributed by atoms with Crippen LogP contribution in [0.15, 0.2) is 36.4 Å². The van der Waals surface area contributed by atoms with Gasteiger partial charge in [-0.2, -0.15) is 5.10 Å². The zero-order valence-electron chi connectivity index (χ0n) is 17.1. The van der Waals surface area contributed by atoms with Crippen molar-refractivity contribution < 1.29 is 9.90 Å². The maximum atomic E-state index is 11.6. The highest BCUT2D eigenvalue weighted by Gasteiger charge is 2.32. The number of benzene rings is 1. The van der Waals surface area contributed by atoms with Crippen LogP contribution in [0, 0.1) is 0 Å². The van der Waals surface area contributed by atoms with Gasteiger partial charge in [0.05, 0.1) is 0 Å². The van der Waals surface area contributed by atoms with Crippen molar-refractivity contribution >= 4 is 12.0 Å². The predicted octanol–water partition coefficient (Wildman–Crippen LogP) is 2.79. The zero-order valence-corrected chi connectivity index (χ0v) is 17.1. The van der Waals surface area contributed by atoms with E-state index in [2.05, 4.69) is 51.3 Å². The highest BCUT2D eigenvalue weighted by molar-refractivity contribution is 5.87. The molecule has 0 amide bonds. The molecule has 29 heavy (non-hydrogen) atoms. The van der Waals surface area contributed by atoms with Gasteiger partial charge in [-0.1, -0.05) is 42.5 Å². The molecule has 6 nitrogen and oxygen atoms in total. The lowest BCUT2D eigenvalue weighted by atomic mass is 9.90. The van der Waals surface area contributed by atoms with Crippen molar-refractivity contribution in [2.75, 3.05) is 32.7 Å². The van der Waals surface area contributed by atoms with E-state index in [9.17, 15) is 9.90 Å². The van der Waals surface area contributed by atoms with Crippen LogP contribution in [0.3, 0.4) is 0 Å². The number of hydrogen-bond acceptors (Lipinski definition) is 4. The Bertz CT molecular complexity index is 867. The van der Waals surface area contributed by atoms with E-state index in [4.69, 9.17) is 0 Å². The largest absolute Gasteiger partial charge is 0.476 e. The molecule has 1 aromatic heterocycles. The third-order valence-corrected chi connectivity index (χ3v) is 6.22. The Balaban J connectivity index is 1.32. The van der Waals surface area contributed by atoms with Crippen LogP contribution in [0.1, 0.15) is 40.7 Å². The molecule has 2 aliphatic rings. The second kappa shape index (κ2) is 8.93. The maximum absolute atomic E-state index is 11.6.